The van der Waals surface area contributed by atoms with Crippen molar-refractivity contribution in [2.24, 2.45) is 0 Å². The van der Waals surface area contributed by atoms with Gasteiger partial charge >= 0.3 is 11.9 Å². The second-order valence-electron chi connectivity index (χ2n) is 3.89. The minimum Gasteiger partial charge on any atom is -0.466 e. The average molecular weight is 260 g/mol. The van der Waals surface area contributed by atoms with Gasteiger partial charge in [-0.2, -0.15) is 0 Å². The molecule has 0 aliphatic carbocycles. The van der Waals surface area contributed by atoms with Crippen molar-refractivity contribution in [2.75, 3.05) is 7.11 Å². The fraction of sp³-hybridized carbons (Fsp3) is 0.200. The molecule has 4 heteroatoms. The molecule has 100 valence electrons. The summed E-state index contributed by atoms with van der Waals surface area (Å²) in [5.41, 5.74) is 0.807. The molecule has 0 spiro atoms. The Morgan fingerprint density at radius 3 is 2.00 bits per heavy atom. The van der Waals surface area contributed by atoms with Crippen LogP contribution in [0.3, 0.4) is 0 Å². The molecule has 0 aliphatic rings. The minimum atomic E-state index is -0.458. The van der Waals surface area contributed by atoms with Gasteiger partial charge in [-0.05, 0) is 26.0 Å². The van der Waals surface area contributed by atoms with Crippen LogP contribution in [0.2, 0.25) is 0 Å². The number of carbonyl (C=O) groups is 2. The van der Waals surface area contributed by atoms with Gasteiger partial charge in [0.25, 0.3) is 0 Å². The third kappa shape index (κ3) is 4.79. The number of ether oxygens (including phenoxy) is 2. The number of carbonyl (C=O) groups excluding carboxylic acids is 2. The standard InChI is InChI=1S/C15H16O4/c1-11(14(16)18-3)9-10-12(2)15(17)19-13-7-5-4-6-8-13/h4-10H,1-3H3/b11-9+,12-10+. The van der Waals surface area contributed by atoms with E-state index >= 15 is 0 Å². The molecule has 0 radical (unpaired) electrons. The number of hydrogen-bond donors (Lipinski definition) is 0. The molecule has 0 bridgehead atoms. The van der Waals surface area contributed by atoms with Gasteiger partial charge in [-0.25, -0.2) is 9.59 Å². The van der Waals surface area contributed by atoms with Gasteiger partial charge in [0.15, 0.2) is 0 Å². The highest BCUT2D eigenvalue weighted by molar-refractivity contribution is 5.91. The first-order valence-corrected chi connectivity index (χ1v) is 5.75. The van der Waals surface area contributed by atoms with Gasteiger partial charge in [0.1, 0.15) is 5.75 Å². The molecule has 0 aromatic heterocycles. The minimum absolute atomic E-state index is 0.395. The van der Waals surface area contributed by atoms with Crippen molar-refractivity contribution in [3.05, 3.63) is 53.6 Å². The highest BCUT2D eigenvalue weighted by Gasteiger charge is 2.07. The normalized spacial score (nSPS) is 11.9. The number of rotatable bonds is 4. The molecule has 0 atom stereocenters. The quantitative estimate of drug-likeness (QED) is 0.361. The van der Waals surface area contributed by atoms with Crippen LogP contribution in [-0.2, 0) is 14.3 Å². The van der Waals surface area contributed by atoms with E-state index in [1.807, 2.05) is 6.07 Å². The second kappa shape index (κ2) is 7.16. The predicted octanol–water partition coefficient (Wildman–Crippen LogP) is 2.66. The van der Waals surface area contributed by atoms with Crippen LogP contribution in [0.4, 0.5) is 0 Å². The van der Waals surface area contributed by atoms with Gasteiger partial charge in [-0.1, -0.05) is 30.4 Å². The lowest BCUT2D eigenvalue weighted by molar-refractivity contribution is -0.136. The Bertz CT molecular complexity index is 512. The third-order valence-corrected chi connectivity index (χ3v) is 2.37. The van der Waals surface area contributed by atoms with E-state index in [9.17, 15) is 9.59 Å². The van der Waals surface area contributed by atoms with E-state index in [1.54, 1.807) is 38.1 Å². The first-order valence-electron chi connectivity index (χ1n) is 5.75. The lowest BCUT2D eigenvalue weighted by atomic mass is 10.2. The molecule has 0 unspecified atom stereocenters. The highest BCUT2D eigenvalue weighted by Crippen LogP contribution is 2.11. The number of hydrogen-bond acceptors (Lipinski definition) is 4. The van der Waals surface area contributed by atoms with Gasteiger partial charge < -0.3 is 9.47 Å². The highest BCUT2D eigenvalue weighted by atomic mass is 16.5. The van der Waals surface area contributed by atoms with Crippen LogP contribution in [0.15, 0.2) is 53.6 Å². The summed E-state index contributed by atoms with van der Waals surface area (Å²) >= 11 is 0. The number of allylic oxidation sites excluding steroid dienone is 2. The fourth-order valence-corrected chi connectivity index (χ4v) is 1.22. The van der Waals surface area contributed by atoms with E-state index in [4.69, 9.17) is 4.74 Å². The second-order valence-corrected chi connectivity index (χ2v) is 3.89. The van der Waals surface area contributed by atoms with E-state index in [0.29, 0.717) is 16.9 Å². The molecule has 1 rings (SSSR count). The SMILES string of the molecule is COC(=O)/C(C)=C/C=C(\C)C(=O)Oc1ccccc1. The molecule has 0 fully saturated rings. The van der Waals surface area contributed by atoms with Gasteiger partial charge in [0.05, 0.1) is 7.11 Å². The Labute approximate surface area is 112 Å². The van der Waals surface area contributed by atoms with Crippen molar-refractivity contribution in [1.82, 2.24) is 0 Å². The molecule has 0 saturated carbocycles. The zero-order chi connectivity index (χ0) is 14.3. The number of methoxy groups -OCH3 is 1. The Morgan fingerprint density at radius 2 is 1.47 bits per heavy atom. The number of esters is 2. The molecule has 0 heterocycles. The molecule has 1 aromatic rings. The van der Waals surface area contributed by atoms with Gasteiger partial charge in [0, 0.05) is 11.1 Å². The van der Waals surface area contributed by atoms with Gasteiger partial charge in [-0.15, -0.1) is 0 Å². The maximum absolute atomic E-state index is 11.7. The summed E-state index contributed by atoms with van der Waals surface area (Å²) in [6, 6.07) is 8.79. The maximum Gasteiger partial charge on any atom is 0.339 e. The van der Waals surface area contributed by atoms with Crippen molar-refractivity contribution in [2.45, 2.75) is 13.8 Å². The van der Waals surface area contributed by atoms with E-state index in [2.05, 4.69) is 4.74 Å². The molecule has 19 heavy (non-hydrogen) atoms. The molecular weight excluding hydrogens is 244 g/mol. The van der Waals surface area contributed by atoms with Crippen LogP contribution < -0.4 is 4.74 Å². The molecule has 0 aliphatic heterocycles. The third-order valence-electron chi connectivity index (χ3n) is 2.37. The summed E-state index contributed by atoms with van der Waals surface area (Å²) in [5.74, 6) is -0.408. The van der Waals surface area contributed by atoms with Crippen LogP contribution in [0.25, 0.3) is 0 Å². The Morgan fingerprint density at radius 1 is 0.947 bits per heavy atom. The topological polar surface area (TPSA) is 52.6 Å². The Hall–Kier alpha value is -2.36. The Balaban J connectivity index is 2.70. The molecule has 1 aromatic carbocycles. The predicted molar refractivity (Wildman–Crippen MR) is 71.6 cm³/mol. The monoisotopic (exact) mass is 260 g/mol. The first-order chi connectivity index (χ1) is 9.04. The zero-order valence-corrected chi connectivity index (χ0v) is 11.2. The van der Waals surface area contributed by atoms with E-state index < -0.39 is 11.9 Å². The van der Waals surface area contributed by atoms with Crippen molar-refractivity contribution < 1.29 is 19.1 Å². The average Bonchev–Trinajstić information content (AvgIpc) is 2.44. The van der Waals surface area contributed by atoms with Crippen molar-refractivity contribution in [3.8, 4) is 5.75 Å². The summed E-state index contributed by atoms with van der Waals surface area (Å²) in [6.07, 6.45) is 3.05. The maximum atomic E-state index is 11.7. The van der Waals surface area contributed by atoms with Crippen LogP contribution in [0, 0.1) is 0 Å². The summed E-state index contributed by atoms with van der Waals surface area (Å²) < 4.78 is 9.69. The van der Waals surface area contributed by atoms with E-state index in [0.717, 1.165) is 0 Å². The van der Waals surface area contributed by atoms with Crippen molar-refractivity contribution in [1.29, 1.82) is 0 Å². The van der Waals surface area contributed by atoms with Crippen LogP contribution in [0.1, 0.15) is 13.8 Å². The summed E-state index contributed by atoms with van der Waals surface area (Å²) in [6.45, 7) is 3.23. The Kier molecular flexibility index (Phi) is 5.54. The molecule has 0 saturated heterocycles. The largest absolute Gasteiger partial charge is 0.466 e. The van der Waals surface area contributed by atoms with Gasteiger partial charge in [0.2, 0.25) is 0 Å². The van der Waals surface area contributed by atoms with E-state index in [1.165, 1.54) is 19.3 Å². The van der Waals surface area contributed by atoms with Crippen LogP contribution >= 0.6 is 0 Å². The first kappa shape index (κ1) is 14.7. The van der Waals surface area contributed by atoms with Crippen LogP contribution in [-0.4, -0.2) is 19.0 Å². The smallest absolute Gasteiger partial charge is 0.339 e. The zero-order valence-electron chi connectivity index (χ0n) is 11.2. The summed E-state index contributed by atoms with van der Waals surface area (Å²) in [7, 11) is 1.31. The number of para-hydroxylation sites is 1. The number of benzene rings is 1. The summed E-state index contributed by atoms with van der Waals surface area (Å²) in [4.78, 5) is 22.9. The summed E-state index contributed by atoms with van der Waals surface area (Å²) in [5, 5.41) is 0. The van der Waals surface area contributed by atoms with Crippen molar-refractivity contribution >= 4 is 11.9 Å². The van der Waals surface area contributed by atoms with Crippen molar-refractivity contribution in [3.63, 3.8) is 0 Å². The molecular formula is C15H16O4. The lowest BCUT2D eigenvalue weighted by Gasteiger charge is -2.03. The van der Waals surface area contributed by atoms with E-state index in [-0.39, 0.29) is 0 Å². The fourth-order valence-electron chi connectivity index (χ4n) is 1.22. The molecule has 0 N–H and O–H groups in total. The van der Waals surface area contributed by atoms with Gasteiger partial charge in [-0.3, -0.25) is 0 Å². The lowest BCUT2D eigenvalue weighted by Crippen LogP contribution is -2.09. The molecule has 4 nitrogen and oxygen atoms in total. The van der Waals surface area contributed by atoms with Crippen LogP contribution in [0.5, 0.6) is 5.75 Å². The molecule has 0 amide bonds.